The summed E-state index contributed by atoms with van der Waals surface area (Å²) in [5.41, 5.74) is 7.12. The number of ketones is 1. The Morgan fingerprint density at radius 2 is 1.96 bits per heavy atom. The number of ether oxygens (including phenoxy) is 2. The van der Waals surface area contributed by atoms with Gasteiger partial charge in [-0.2, -0.15) is 0 Å². The molecule has 1 aromatic carbocycles. The Bertz CT molecular complexity index is 629. The first-order valence-corrected chi connectivity index (χ1v) is 7.93. The van der Waals surface area contributed by atoms with Crippen molar-refractivity contribution < 1.29 is 19.1 Å². The Labute approximate surface area is 140 Å². The first-order chi connectivity index (χ1) is 10.8. The van der Waals surface area contributed by atoms with Gasteiger partial charge in [-0.05, 0) is 19.9 Å². The zero-order chi connectivity index (χ0) is 17.6. The highest BCUT2D eigenvalue weighted by Gasteiger charge is 2.20. The van der Waals surface area contributed by atoms with Crippen LogP contribution in [0.15, 0.2) is 23.1 Å². The monoisotopic (exact) mass is 338 g/mol. The van der Waals surface area contributed by atoms with E-state index in [0.29, 0.717) is 39.8 Å². The van der Waals surface area contributed by atoms with Crippen LogP contribution in [0.2, 0.25) is 0 Å². The lowest BCUT2D eigenvalue weighted by atomic mass is 10.1. The molecule has 126 valence electrons. The van der Waals surface area contributed by atoms with E-state index in [1.165, 1.54) is 32.9 Å². The molecule has 1 rings (SSSR count). The number of rotatable bonds is 8. The molecule has 0 atom stereocenters. The van der Waals surface area contributed by atoms with Crippen LogP contribution >= 0.6 is 11.8 Å². The summed E-state index contributed by atoms with van der Waals surface area (Å²) < 4.78 is 10.7. The predicted octanol–water partition coefficient (Wildman–Crippen LogP) is 2.27. The zero-order valence-corrected chi connectivity index (χ0v) is 14.6. The predicted molar refractivity (Wildman–Crippen MR) is 92.5 cm³/mol. The van der Waals surface area contributed by atoms with Crippen molar-refractivity contribution in [1.29, 1.82) is 0 Å². The van der Waals surface area contributed by atoms with Crippen molar-refractivity contribution in [3.63, 3.8) is 0 Å². The molecule has 0 saturated heterocycles. The van der Waals surface area contributed by atoms with Gasteiger partial charge in [0.1, 0.15) is 5.75 Å². The number of thioether (sulfide) groups is 1. The molecule has 0 fully saturated rings. The molecular weight excluding hydrogens is 316 g/mol. The second-order valence-corrected chi connectivity index (χ2v) is 5.95. The molecule has 0 aliphatic carbocycles. The first kappa shape index (κ1) is 18.9. The second kappa shape index (κ2) is 8.47. The second-order valence-electron chi connectivity index (χ2n) is 4.84. The highest BCUT2D eigenvalue weighted by Crippen LogP contribution is 2.43. The van der Waals surface area contributed by atoms with Gasteiger partial charge in [0.05, 0.1) is 24.8 Å². The van der Waals surface area contributed by atoms with E-state index in [4.69, 9.17) is 15.2 Å². The molecule has 0 unspecified atom stereocenters. The standard InChI is InChI=1S/C16H22N2O4S/c1-9(2)16(20)18-6-7-23-15-12(21-4)8-11(10(3)19)13(17)14(15)22-5/h8H,1,6-7,17H2,2-5H3,(H,18,20). The fourth-order valence-corrected chi connectivity index (χ4v) is 2.90. The molecule has 0 aliphatic heterocycles. The van der Waals surface area contributed by atoms with Crippen LogP contribution in [0.5, 0.6) is 11.5 Å². The Balaban J connectivity index is 2.97. The first-order valence-electron chi connectivity index (χ1n) is 6.95. The number of carbonyl (C=O) groups excluding carboxylic acids is 2. The van der Waals surface area contributed by atoms with Gasteiger partial charge in [-0.1, -0.05) is 6.58 Å². The van der Waals surface area contributed by atoms with Crippen molar-refractivity contribution >= 4 is 29.1 Å². The molecule has 1 amide bonds. The summed E-state index contributed by atoms with van der Waals surface area (Å²) in [6, 6.07) is 1.61. The summed E-state index contributed by atoms with van der Waals surface area (Å²) in [4.78, 5) is 23.8. The minimum absolute atomic E-state index is 0.163. The Morgan fingerprint density at radius 1 is 1.30 bits per heavy atom. The van der Waals surface area contributed by atoms with Gasteiger partial charge in [0.15, 0.2) is 11.5 Å². The number of methoxy groups -OCH3 is 2. The van der Waals surface area contributed by atoms with E-state index in [2.05, 4.69) is 11.9 Å². The van der Waals surface area contributed by atoms with E-state index in [1.807, 2.05) is 0 Å². The minimum Gasteiger partial charge on any atom is -0.495 e. The van der Waals surface area contributed by atoms with Crippen molar-refractivity contribution in [1.82, 2.24) is 5.32 Å². The minimum atomic E-state index is -0.184. The Kier molecular flexibility index (Phi) is 6.96. The van der Waals surface area contributed by atoms with Crippen LogP contribution in [-0.2, 0) is 4.79 Å². The molecule has 0 bridgehead atoms. The van der Waals surface area contributed by atoms with Gasteiger partial charge < -0.3 is 20.5 Å². The molecule has 0 radical (unpaired) electrons. The number of Topliss-reactive ketones (excluding diaryl/α,β-unsaturated/α-hetero) is 1. The van der Waals surface area contributed by atoms with E-state index in [-0.39, 0.29) is 17.4 Å². The Morgan fingerprint density at radius 3 is 2.43 bits per heavy atom. The topological polar surface area (TPSA) is 90.7 Å². The average Bonchev–Trinajstić information content (AvgIpc) is 2.50. The molecule has 3 N–H and O–H groups in total. The summed E-state index contributed by atoms with van der Waals surface area (Å²) >= 11 is 1.43. The number of benzene rings is 1. The number of nitrogens with two attached hydrogens (primary N) is 1. The van der Waals surface area contributed by atoms with Gasteiger partial charge in [-0.25, -0.2) is 0 Å². The van der Waals surface area contributed by atoms with Crippen LogP contribution < -0.4 is 20.5 Å². The number of anilines is 1. The molecule has 7 heteroatoms. The van der Waals surface area contributed by atoms with Crippen molar-refractivity contribution in [3.8, 4) is 11.5 Å². The lowest BCUT2D eigenvalue weighted by Crippen LogP contribution is -2.25. The SMILES string of the molecule is C=C(C)C(=O)NCCSc1c(OC)cc(C(C)=O)c(N)c1OC. The third kappa shape index (κ3) is 4.66. The van der Waals surface area contributed by atoms with Crippen LogP contribution in [0.25, 0.3) is 0 Å². The number of amides is 1. The number of nitrogens with one attached hydrogen (secondary N) is 1. The van der Waals surface area contributed by atoms with Gasteiger partial charge in [0.2, 0.25) is 5.91 Å². The highest BCUT2D eigenvalue weighted by molar-refractivity contribution is 7.99. The third-order valence-corrected chi connectivity index (χ3v) is 4.15. The van der Waals surface area contributed by atoms with Crippen LogP contribution in [0, 0.1) is 0 Å². The van der Waals surface area contributed by atoms with Crippen LogP contribution in [0.3, 0.4) is 0 Å². The fourth-order valence-electron chi connectivity index (χ4n) is 1.88. The molecule has 1 aromatic rings. The quantitative estimate of drug-likeness (QED) is 0.248. The van der Waals surface area contributed by atoms with Gasteiger partial charge in [0.25, 0.3) is 0 Å². The maximum atomic E-state index is 11.7. The molecule has 0 aromatic heterocycles. The summed E-state index contributed by atoms with van der Waals surface area (Å²) in [6.07, 6.45) is 0. The van der Waals surface area contributed by atoms with Crippen LogP contribution in [0.4, 0.5) is 5.69 Å². The number of carbonyl (C=O) groups is 2. The van der Waals surface area contributed by atoms with E-state index >= 15 is 0 Å². The van der Waals surface area contributed by atoms with Crippen LogP contribution in [-0.4, -0.2) is 38.2 Å². The molecule has 0 aliphatic rings. The average molecular weight is 338 g/mol. The van der Waals surface area contributed by atoms with Crippen molar-refractivity contribution in [2.45, 2.75) is 18.7 Å². The Hall–Kier alpha value is -2.15. The van der Waals surface area contributed by atoms with Gasteiger partial charge >= 0.3 is 0 Å². The number of nitrogen functional groups attached to an aromatic ring is 1. The van der Waals surface area contributed by atoms with E-state index in [1.54, 1.807) is 13.0 Å². The smallest absolute Gasteiger partial charge is 0.246 e. The molecule has 0 heterocycles. The van der Waals surface area contributed by atoms with Crippen molar-refractivity contribution in [2.24, 2.45) is 0 Å². The summed E-state index contributed by atoms with van der Waals surface area (Å²) in [6.45, 7) is 7.12. The normalized spacial score (nSPS) is 10.1. The lowest BCUT2D eigenvalue weighted by Gasteiger charge is -2.17. The molecule has 0 saturated carbocycles. The largest absolute Gasteiger partial charge is 0.495 e. The van der Waals surface area contributed by atoms with E-state index < -0.39 is 0 Å². The van der Waals surface area contributed by atoms with E-state index in [0.717, 1.165) is 0 Å². The molecule has 0 spiro atoms. The van der Waals surface area contributed by atoms with Crippen molar-refractivity contribution in [2.75, 3.05) is 32.3 Å². The fraction of sp³-hybridized carbons (Fsp3) is 0.375. The zero-order valence-electron chi connectivity index (χ0n) is 13.8. The van der Waals surface area contributed by atoms with Gasteiger partial charge in [-0.15, -0.1) is 11.8 Å². The highest BCUT2D eigenvalue weighted by atomic mass is 32.2. The summed E-state index contributed by atoms with van der Waals surface area (Å²) in [5, 5.41) is 2.75. The number of hydrogen-bond acceptors (Lipinski definition) is 6. The van der Waals surface area contributed by atoms with Gasteiger partial charge in [-0.3, -0.25) is 9.59 Å². The maximum absolute atomic E-state index is 11.7. The van der Waals surface area contributed by atoms with Gasteiger partial charge in [0, 0.05) is 23.4 Å². The molecule has 23 heavy (non-hydrogen) atoms. The maximum Gasteiger partial charge on any atom is 0.246 e. The van der Waals surface area contributed by atoms with E-state index in [9.17, 15) is 9.59 Å². The summed E-state index contributed by atoms with van der Waals surface area (Å²) in [7, 11) is 3.00. The van der Waals surface area contributed by atoms with Crippen LogP contribution in [0.1, 0.15) is 24.2 Å². The third-order valence-electron chi connectivity index (χ3n) is 3.07. The summed E-state index contributed by atoms with van der Waals surface area (Å²) in [5.74, 6) is 1.16. The van der Waals surface area contributed by atoms with Crippen molar-refractivity contribution in [3.05, 3.63) is 23.8 Å². The number of hydrogen-bond donors (Lipinski definition) is 2. The lowest BCUT2D eigenvalue weighted by molar-refractivity contribution is -0.117. The molecule has 6 nitrogen and oxygen atoms in total. The molecular formula is C16H22N2O4S.